The Balaban J connectivity index is 2.15. The fourth-order valence-electron chi connectivity index (χ4n) is 1.84. The molecule has 2 heterocycles. The van der Waals surface area contributed by atoms with E-state index < -0.39 is 0 Å². The maximum Gasteiger partial charge on any atom is 0.0743 e. The number of nitrogens with zero attached hydrogens (tertiary/aromatic N) is 1. The van der Waals surface area contributed by atoms with Crippen molar-refractivity contribution in [3.05, 3.63) is 29.8 Å². The highest BCUT2D eigenvalue weighted by molar-refractivity contribution is 7.99. The van der Waals surface area contributed by atoms with Crippen molar-refractivity contribution in [2.45, 2.75) is 4.90 Å². The van der Waals surface area contributed by atoms with Gasteiger partial charge in [-0.3, -0.25) is 0 Å². The van der Waals surface area contributed by atoms with Gasteiger partial charge in [0.15, 0.2) is 0 Å². The number of rotatable bonds is 0. The summed E-state index contributed by atoms with van der Waals surface area (Å²) in [5.74, 6) is 1.79. The average Bonchev–Trinajstić information content (AvgIpc) is 2.65. The second kappa shape index (κ2) is 2.77. The van der Waals surface area contributed by atoms with Crippen LogP contribution in [-0.2, 0) is 0 Å². The molecule has 0 fully saturated rings. The maximum atomic E-state index is 4.35. The summed E-state index contributed by atoms with van der Waals surface area (Å²) >= 11 is 1.94. The van der Waals surface area contributed by atoms with Gasteiger partial charge in [-0.05, 0) is 6.07 Å². The molecule has 2 nitrogen and oxygen atoms in total. The van der Waals surface area contributed by atoms with Gasteiger partial charge in [-0.2, -0.15) is 5.10 Å². The third-order valence-electron chi connectivity index (χ3n) is 2.53. The molecule has 0 aromatic heterocycles. The Morgan fingerprint density at radius 1 is 1.38 bits per heavy atom. The van der Waals surface area contributed by atoms with E-state index in [9.17, 15) is 0 Å². The first-order chi connectivity index (χ1) is 6.45. The molecule has 1 unspecified atom stereocenters. The van der Waals surface area contributed by atoms with Gasteiger partial charge in [-0.25, -0.2) is 0 Å². The zero-order valence-electron chi connectivity index (χ0n) is 7.16. The minimum absolute atomic E-state index is 0.625. The molecule has 0 spiro atoms. The summed E-state index contributed by atoms with van der Waals surface area (Å²) in [7, 11) is 0. The molecule has 1 aromatic rings. The van der Waals surface area contributed by atoms with Gasteiger partial charge in [0.2, 0.25) is 0 Å². The first kappa shape index (κ1) is 7.44. The Labute approximate surface area is 81.4 Å². The molecule has 3 rings (SSSR count). The number of fused-ring (bicyclic) bond motifs is 3. The quantitative estimate of drug-likeness (QED) is 0.673. The summed E-state index contributed by atoms with van der Waals surface area (Å²) in [5, 5.41) is 4.35. The molecule has 1 atom stereocenters. The maximum absolute atomic E-state index is 4.35. The zero-order valence-corrected chi connectivity index (χ0v) is 7.97. The van der Waals surface area contributed by atoms with Crippen LogP contribution in [0.4, 0.5) is 0 Å². The molecule has 0 aliphatic carbocycles. The van der Waals surface area contributed by atoms with Crippen LogP contribution in [0.5, 0.6) is 0 Å². The molecular formula is C10H10N2S. The third-order valence-corrected chi connectivity index (χ3v) is 3.76. The van der Waals surface area contributed by atoms with Crippen LogP contribution in [0, 0.1) is 5.92 Å². The zero-order chi connectivity index (χ0) is 8.67. The summed E-state index contributed by atoms with van der Waals surface area (Å²) in [4.78, 5) is 1.38. The van der Waals surface area contributed by atoms with Gasteiger partial charge < -0.3 is 5.43 Å². The van der Waals surface area contributed by atoms with Crippen LogP contribution < -0.4 is 5.43 Å². The monoisotopic (exact) mass is 190 g/mol. The molecule has 2 aliphatic heterocycles. The van der Waals surface area contributed by atoms with Gasteiger partial charge >= 0.3 is 0 Å². The Kier molecular flexibility index (Phi) is 1.59. The van der Waals surface area contributed by atoms with Crippen molar-refractivity contribution in [3.8, 4) is 0 Å². The first-order valence-corrected chi connectivity index (χ1v) is 5.46. The molecule has 0 radical (unpaired) electrons. The topological polar surface area (TPSA) is 24.4 Å². The van der Waals surface area contributed by atoms with E-state index in [2.05, 4.69) is 34.8 Å². The number of hydrogen-bond acceptors (Lipinski definition) is 3. The van der Waals surface area contributed by atoms with E-state index in [-0.39, 0.29) is 0 Å². The second-order valence-electron chi connectivity index (χ2n) is 3.36. The summed E-state index contributed by atoms with van der Waals surface area (Å²) in [6, 6.07) is 8.52. The number of benzene rings is 1. The normalized spacial score (nSPS) is 24.3. The number of hydrogen-bond donors (Lipinski definition) is 1. The summed E-state index contributed by atoms with van der Waals surface area (Å²) in [6.07, 6.45) is 0. The summed E-state index contributed by atoms with van der Waals surface area (Å²) in [6.45, 7) is 1.01. The number of nitrogens with one attached hydrogen (secondary N) is 1. The minimum Gasteiger partial charge on any atom is -0.309 e. The fourth-order valence-corrected chi connectivity index (χ4v) is 3.00. The Morgan fingerprint density at radius 2 is 2.31 bits per heavy atom. The summed E-state index contributed by atoms with van der Waals surface area (Å²) in [5.41, 5.74) is 5.67. The van der Waals surface area contributed by atoms with E-state index in [0.29, 0.717) is 5.92 Å². The van der Waals surface area contributed by atoms with Crippen molar-refractivity contribution in [2.24, 2.45) is 11.0 Å². The molecule has 0 bridgehead atoms. The van der Waals surface area contributed by atoms with E-state index in [1.54, 1.807) is 0 Å². The van der Waals surface area contributed by atoms with E-state index in [4.69, 9.17) is 0 Å². The molecule has 1 aromatic carbocycles. The fraction of sp³-hybridized carbons (Fsp3) is 0.300. The highest BCUT2D eigenvalue weighted by atomic mass is 32.2. The van der Waals surface area contributed by atoms with Gasteiger partial charge in [-0.1, -0.05) is 18.2 Å². The van der Waals surface area contributed by atoms with Crippen LogP contribution in [0.15, 0.2) is 34.3 Å². The standard InChI is InChI=1S/C10H10N2S/c1-2-4-9-8(3-1)10-7(6-13-9)5-11-12-10/h1-4,7,11H,5-6H2. The van der Waals surface area contributed by atoms with Crippen molar-refractivity contribution in [3.63, 3.8) is 0 Å². The lowest BCUT2D eigenvalue weighted by Crippen LogP contribution is -2.22. The predicted octanol–water partition coefficient (Wildman–Crippen LogP) is 1.72. The minimum atomic E-state index is 0.625. The highest BCUT2D eigenvalue weighted by Gasteiger charge is 2.28. The van der Waals surface area contributed by atoms with Crippen LogP contribution >= 0.6 is 11.8 Å². The summed E-state index contributed by atoms with van der Waals surface area (Å²) < 4.78 is 0. The van der Waals surface area contributed by atoms with Crippen LogP contribution in [0.25, 0.3) is 0 Å². The molecule has 13 heavy (non-hydrogen) atoms. The molecule has 2 aliphatic rings. The van der Waals surface area contributed by atoms with Gasteiger partial charge in [0, 0.05) is 28.7 Å². The highest BCUT2D eigenvalue weighted by Crippen LogP contribution is 2.34. The van der Waals surface area contributed by atoms with E-state index in [1.807, 2.05) is 11.8 Å². The third kappa shape index (κ3) is 1.07. The van der Waals surface area contributed by atoms with Crippen LogP contribution in [-0.4, -0.2) is 18.0 Å². The van der Waals surface area contributed by atoms with Crippen molar-refractivity contribution in [1.29, 1.82) is 0 Å². The van der Waals surface area contributed by atoms with Gasteiger partial charge in [0.05, 0.1) is 5.71 Å². The Hall–Kier alpha value is -0.960. The van der Waals surface area contributed by atoms with Crippen molar-refractivity contribution in [2.75, 3.05) is 12.3 Å². The van der Waals surface area contributed by atoms with Crippen LogP contribution in [0.1, 0.15) is 5.56 Å². The molecular weight excluding hydrogens is 180 g/mol. The lowest BCUT2D eigenvalue weighted by Gasteiger charge is -2.20. The van der Waals surface area contributed by atoms with Crippen LogP contribution in [0.3, 0.4) is 0 Å². The van der Waals surface area contributed by atoms with Gasteiger partial charge in [0.1, 0.15) is 0 Å². The molecule has 0 saturated carbocycles. The van der Waals surface area contributed by atoms with Crippen molar-refractivity contribution < 1.29 is 0 Å². The molecule has 0 saturated heterocycles. The number of hydrazone groups is 1. The Morgan fingerprint density at radius 3 is 3.31 bits per heavy atom. The van der Waals surface area contributed by atoms with E-state index in [1.165, 1.54) is 21.9 Å². The second-order valence-corrected chi connectivity index (χ2v) is 4.43. The van der Waals surface area contributed by atoms with Gasteiger partial charge in [0.25, 0.3) is 0 Å². The smallest absolute Gasteiger partial charge is 0.0743 e. The molecule has 66 valence electrons. The molecule has 3 heteroatoms. The SMILES string of the molecule is c1ccc2c(c1)SCC1CNN=C21. The van der Waals surface area contributed by atoms with E-state index >= 15 is 0 Å². The lowest BCUT2D eigenvalue weighted by atomic mass is 9.99. The van der Waals surface area contributed by atoms with E-state index in [0.717, 1.165) is 6.54 Å². The molecule has 1 N–H and O–H groups in total. The largest absolute Gasteiger partial charge is 0.309 e. The lowest BCUT2D eigenvalue weighted by molar-refractivity contribution is 0.713. The first-order valence-electron chi connectivity index (χ1n) is 4.48. The van der Waals surface area contributed by atoms with Gasteiger partial charge in [-0.15, -0.1) is 11.8 Å². The Bertz CT molecular complexity index is 373. The van der Waals surface area contributed by atoms with Crippen LogP contribution in [0.2, 0.25) is 0 Å². The predicted molar refractivity (Wildman–Crippen MR) is 55.2 cm³/mol. The number of thioether (sulfide) groups is 1. The molecule has 0 amide bonds. The average molecular weight is 190 g/mol. The van der Waals surface area contributed by atoms with Crippen molar-refractivity contribution >= 4 is 17.5 Å². The van der Waals surface area contributed by atoms with Crippen molar-refractivity contribution in [1.82, 2.24) is 5.43 Å².